The van der Waals surface area contributed by atoms with Crippen LogP contribution in [0.3, 0.4) is 0 Å². The molecule has 8 heteroatoms. The molecule has 0 aromatic heterocycles. The van der Waals surface area contributed by atoms with Gasteiger partial charge in [-0.15, -0.1) is 0 Å². The van der Waals surface area contributed by atoms with Gasteiger partial charge in [-0.2, -0.15) is 0 Å². The maximum atomic E-state index is 13.9. The lowest BCUT2D eigenvalue weighted by Crippen LogP contribution is -2.57. The number of rotatable bonds is 1. The Morgan fingerprint density at radius 3 is 2.73 bits per heavy atom. The molecular formula is C32H45NO7. The summed E-state index contributed by atoms with van der Waals surface area (Å²) in [6.45, 7) is 10.5. The van der Waals surface area contributed by atoms with Crippen molar-refractivity contribution in [1.82, 2.24) is 0 Å². The van der Waals surface area contributed by atoms with Crippen molar-refractivity contribution in [3.63, 3.8) is 0 Å². The van der Waals surface area contributed by atoms with Crippen molar-refractivity contribution in [3.05, 3.63) is 47.1 Å². The van der Waals surface area contributed by atoms with Crippen LogP contribution in [0.15, 0.2) is 52.3 Å². The SMILES string of the molecule is CC[C@H]1O[C@]2(CC[C@@H]1C)C[C@@H]1C[C@@H](C/C=C(\C)C[C@@H](C)/C=C/C=C3CO[C@@H]4C(=NO)C(C)=C[C@@H](C(=O)O1)[C@]34O)O2. The smallest absolute Gasteiger partial charge is 0.316 e. The van der Waals surface area contributed by atoms with Gasteiger partial charge in [-0.25, -0.2) is 0 Å². The monoisotopic (exact) mass is 555 g/mol. The lowest BCUT2D eigenvalue weighted by Gasteiger charge is -2.49. The number of oxime groups is 1. The highest BCUT2D eigenvalue weighted by atomic mass is 16.7. The van der Waals surface area contributed by atoms with E-state index in [0.717, 1.165) is 32.1 Å². The minimum absolute atomic E-state index is 0.0940. The largest absolute Gasteiger partial charge is 0.462 e. The first-order chi connectivity index (χ1) is 19.1. The van der Waals surface area contributed by atoms with Gasteiger partial charge in [-0.1, -0.05) is 61.9 Å². The molecule has 1 aliphatic carbocycles. The number of esters is 1. The quantitative estimate of drug-likeness (QED) is 0.193. The van der Waals surface area contributed by atoms with E-state index in [1.807, 2.05) is 12.2 Å². The minimum Gasteiger partial charge on any atom is -0.462 e. The third kappa shape index (κ3) is 5.48. The van der Waals surface area contributed by atoms with Gasteiger partial charge < -0.3 is 29.3 Å². The van der Waals surface area contributed by atoms with E-state index in [9.17, 15) is 15.1 Å². The highest BCUT2D eigenvalue weighted by molar-refractivity contribution is 6.06. The molecule has 3 saturated heterocycles. The van der Waals surface area contributed by atoms with Crippen LogP contribution >= 0.6 is 0 Å². The Hall–Kier alpha value is -2.26. The molecule has 0 amide bonds. The Labute approximate surface area is 237 Å². The molecule has 0 saturated carbocycles. The van der Waals surface area contributed by atoms with E-state index in [0.29, 0.717) is 29.9 Å². The van der Waals surface area contributed by atoms with Gasteiger partial charge in [-0.3, -0.25) is 4.79 Å². The number of ether oxygens (including phenoxy) is 4. The maximum Gasteiger partial charge on any atom is 0.316 e. The summed E-state index contributed by atoms with van der Waals surface area (Å²) in [6, 6.07) is 0. The van der Waals surface area contributed by atoms with Crippen LogP contribution in [-0.4, -0.2) is 64.4 Å². The summed E-state index contributed by atoms with van der Waals surface area (Å²) in [5.41, 5.74) is 0.922. The fraction of sp³-hybridized carbons (Fsp3) is 0.688. The fourth-order valence-corrected chi connectivity index (χ4v) is 7.22. The molecule has 5 rings (SSSR count). The lowest BCUT2D eigenvalue weighted by atomic mass is 9.71. The second-order valence-electron chi connectivity index (χ2n) is 12.6. The van der Waals surface area contributed by atoms with Crippen LogP contribution in [0, 0.1) is 17.8 Å². The molecule has 3 fully saturated rings. The summed E-state index contributed by atoms with van der Waals surface area (Å²) in [5, 5.41) is 25.3. The molecule has 4 aliphatic heterocycles. The van der Waals surface area contributed by atoms with Crippen molar-refractivity contribution < 1.29 is 34.1 Å². The summed E-state index contributed by atoms with van der Waals surface area (Å²) in [5.74, 6) is -1.60. The van der Waals surface area contributed by atoms with Crippen molar-refractivity contribution in [2.45, 2.75) is 115 Å². The summed E-state index contributed by atoms with van der Waals surface area (Å²) in [4.78, 5) is 13.9. The molecule has 8 nitrogen and oxygen atoms in total. The molecule has 2 N–H and O–H groups in total. The Kier molecular flexibility index (Phi) is 8.44. The van der Waals surface area contributed by atoms with Gasteiger partial charge in [0.25, 0.3) is 0 Å². The third-order valence-electron chi connectivity index (χ3n) is 9.45. The van der Waals surface area contributed by atoms with Crippen LogP contribution in [0.25, 0.3) is 0 Å². The predicted octanol–water partition coefficient (Wildman–Crippen LogP) is 5.39. The molecule has 0 radical (unpaired) electrons. The topological polar surface area (TPSA) is 107 Å². The molecular weight excluding hydrogens is 510 g/mol. The maximum absolute atomic E-state index is 13.9. The van der Waals surface area contributed by atoms with E-state index in [1.54, 1.807) is 13.0 Å². The van der Waals surface area contributed by atoms with Crippen molar-refractivity contribution in [3.8, 4) is 0 Å². The van der Waals surface area contributed by atoms with Crippen LogP contribution in [0.2, 0.25) is 0 Å². The molecule has 5 aliphatic rings. The number of hydrogen-bond donors (Lipinski definition) is 2. The van der Waals surface area contributed by atoms with Gasteiger partial charge in [0.15, 0.2) is 5.79 Å². The normalized spacial score (nSPS) is 45.6. The summed E-state index contributed by atoms with van der Waals surface area (Å²) in [7, 11) is 0. The molecule has 0 aromatic rings. The van der Waals surface area contributed by atoms with Gasteiger partial charge in [-0.05, 0) is 62.5 Å². The van der Waals surface area contributed by atoms with Crippen LogP contribution in [0.4, 0.5) is 0 Å². The number of allylic oxidation sites excluding steroid dienone is 4. The van der Waals surface area contributed by atoms with Crippen LogP contribution in [0.5, 0.6) is 0 Å². The van der Waals surface area contributed by atoms with Gasteiger partial charge in [0.2, 0.25) is 0 Å². The molecule has 1 spiro atoms. The lowest BCUT2D eigenvalue weighted by molar-refractivity contribution is -0.335. The second-order valence-corrected chi connectivity index (χ2v) is 12.6. The van der Waals surface area contributed by atoms with Crippen molar-refractivity contribution >= 4 is 11.7 Å². The Morgan fingerprint density at radius 2 is 1.98 bits per heavy atom. The summed E-state index contributed by atoms with van der Waals surface area (Å²) >= 11 is 0. The van der Waals surface area contributed by atoms with E-state index < -0.39 is 35.5 Å². The van der Waals surface area contributed by atoms with E-state index in [-0.39, 0.29) is 30.4 Å². The molecule has 0 unspecified atom stereocenters. The number of fused-ring (bicyclic) bond motifs is 2. The van der Waals surface area contributed by atoms with Gasteiger partial charge in [0.1, 0.15) is 29.4 Å². The van der Waals surface area contributed by atoms with Crippen molar-refractivity contribution in [1.29, 1.82) is 0 Å². The highest BCUT2D eigenvalue weighted by Crippen LogP contribution is 2.46. The number of carbonyl (C=O) groups excluding carboxylic acids is 1. The first-order valence-corrected chi connectivity index (χ1v) is 14.9. The zero-order valence-electron chi connectivity index (χ0n) is 24.5. The molecule has 0 aromatic carbocycles. The average molecular weight is 556 g/mol. The summed E-state index contributed by atoms with van der Waals surface area (Å²) in [6.07, 6.45) is 13.6. The standard InChI is InChI=1S/C32H45NO7/c1-6-27-21(4)12-13-31(40-27)17-25-16-24(39-31)11-10-20(3)14-19(2)8-7-9-23-18-37-29-28(33-36)22(5)15-26(30(34)38-25)32(23,29)35/h7-10,15,19,21,24-27,29,35-36H,6,11-14,16-18H2,1-5H3/b8-7+,20-10+,23-9?,33-28?/t19-,21-,24+,25-,26-,27+,29+,31+,32+/m0/s1. The number of hydrogen-bond acceptors (Lipinski definition) is 8. The summed E-state index contributed by atoms with van der Waals surface area (Å²) < 4.78 is 25.5. The predicted molar refractivity (Wildman–Crippen MR) is 151 cm³/mol. The van der Waals surface area contributed by atoms with E-state index in [1.165, 1.54) is 5.57 Å². The van der Waals surface area contributed by atoms with E-state index in [2.05, 4.69) is 45.0 Å². The molecule has 40 heavy (non-hydrogen) atoms. The zero-order valence-corrected chi connectivity index (χ0v) is 24.5. The first kappa shape index (κ1) is 29.2. The molecule has 2 bridgehead atoms. The van der Waals surface area contributed by atoms with Crippen LogP contribution in [0.1, 0.15) is 79.6 Å². The average Bonchev–Trinajstić information content (AvgIpc) is 3.24. The highest BCUT2D eigenvalue weighted by Gasteiger charge is 2.59. The first-order valence-electron chi connectivity index (χ1n) is 14.9. The number of nitrogens with zero attached hydrogens (tertiary/aromatic N) is 1. The Bertz CT molecular complexity index is 1140. The van der Waals surface area contributed by atoms with E-state index in [4.69, 9.17) is 18.9 Å². The van der Waals surface area contributed by atoms with Crippen LogP contribution < -0.4 is 0 Å². The molecule has 9 atom stereocenters. The fourth-order valence-electron chi connectivity index (χ4n) is 7.22. The van der Waals surface area contributed by atoms with Gasteiger partial charge in [0.05, 0.1) is 18.8 Å². The van der Waals surface area contributed by atoms with Crippen LogP contribution in [-0.2, 0) is 23.7 Å². The number of carbonyl (C=O) groups is 1. The third-order valence-corrected chi connectivity index (χ3v) is 9.45. The second kappa shape index (κ2) is 11.6. The van der Waals surface area contributed by atoms with Gasteiger partial charge >= 0.3 is 5.97 Å². The molecule has 4 heterocycles. The van der Waals surface area contributed by atoms with Gasteiger partial charge in [0, 0.05) is 19.3 Å². The Morgan fingerprint density at radius 1 is 1.18 bits per heavy atom. The zero-order chi connectivity index (χ0) is 28.7. The number of aliphatic hydroxyl groups is 1. The molecule has 220 valence electrons. The minimum atomic E-state index is -1.72. The van der Waals surface area contributed by atoms with E-state index >= 15 is 0 Å². The van der Waals surface area contributed by atoms with Crippen molar-refractivity contribution in [2.24, 2.45) is 22.9 Å². The Balaban J connectivity index is 1.53. The van der Waals surface area contributed by atoms with Crippen molar-refractivity contribution in [2.75, 3.05) is 6.61 Å².